The van der Waals surface area contributed by atoms with E-state index < -0.39 is 0 Å². The van der Waals surface area contributed by atoms with E-state index in [0.29, 0.717) is 0 Å². The van der Waals surface area contributed by atoms with Crippen LogP contribution in [0.25, 0.3) is 54.9 Å². The molecule has 0 saturated carbocycles. The maximum Gasteiger partial charge on any atom is 0.156 e. The van der Waals surface area contributed by atoms with Crippen LogP contribution in [-0.4, -0.2) is 10.4 Å². The molecule has 4 aliphatic carbocycles. The van der Waals surface area contributed by atoms with Crippen molar-refractivity contribution < 1.29 is 0 Å². The second-order valence-electron chi connectivity index (χ2n) is 17.4. The predicted molar refractivity (Wildman–Crippen MR) is 240 cm³/mol. The Bertz CT molecular complexity index is 3270. The highest BCUT2D eigenvalue weighted by Gasteiger charge is 2.50. The molecule has 7 aromatic carbocycles. The molecule has 2 unspecified atom stereocenters. The molecule has 0 radical (unpaired) electrons. The van der Waals surface area contributed by atoms with Gasteiger partial charge in [-0.05, 0) is 104 Å². The Morgan fingerprint density at radius 3 is 2.14 bits per heavy atom. The maximum absolute atomic E-state index is 5.95. The molecule has 0 amide bonds. The first-order valence-corrected chi connectivity index (χ1v) is 20.9. The minimum atomic E-state index is -0.290. The molecule has 0 fully saturated rings. The first kappa shape index (κ1) is 32.4. The highest BCUT2D eigenvalue weighted by molar-refractivity contribution is 6.14. The van der Waals surface area contributed by atoms with E-state index in [-0.39, 0.29) is 17.0 Å². The number of nitrogens with zero attached hydrogens (tertiary/aromatic N) is 2. The molecule has 58 heavy (non-hydrogen) atoms. The summed E-state index contributed by atoms with van der Waals surface area (Å²) in [5, 5.41) is 9.09. The van der Waals surface area contributed by atoms with Crippen molar-refractivity contribution in [3.8, 4) is 11.1 Å². The minimum Gasteiger partial charge on any atom is -0.342 e. The number of aromatic nitrogens is 1. The van der Waals surface area contributed by atoms with Crippen LogP contribution in [0.3, 0.4) is 0 Å². The third kappa shape index (κ3) is 4.06. The van der Waals surface area contributed by atoms with Crippen LogP contribution in [0.4, 0.5) is 0 Å². The second-order valence-corrected chi connectivity index (χ2v) is 17.4. The molecule has 1 spiro atoms. The van der Waals surface area contributed by atoms with E-state index in [2.05, 4.69) is 188 Å². The Balaban J connectivity index is 1.07. The van der Waals surface area contributed by atoms with Crippen molar-refractivity contribution in [2.24, 2.45) is 4.99 Å². The zero-order valence-corrected chi connectivity index (χ0v) is 32.7. The molecule has 1 aliphatic heterocycles. The van der Waals surface area contributed by atoms with Crippen LogP contribution < -0.4 is 5.32 Å². The van der Waals surface area contributed by atoms with Gasteiger partial charge in [0.05, 0.1) is 11.0 Å². The number of allylic oxidation sites excluding steroid dienone is 5. The lowest BCUT2D eigenvalue weighted by Crippen LogP contribution is -2.38. The number of para-hydroxylation sites is 1. The first-order valence-electron chi connectivity index (χ1n) is 20.9. The number of hydrogen-bond acceptors (Lipinski definition) is 2. The van der Waals surface area contributed by atoms with Gasteiger partial charge in [-0.15, -0.1) is 0 Å². The predicted octanol–water partition coefficient (Wildman–Crippen LogP) is 12.8. The van der Waals surface area contributed by atoms with Crippen molar-refractivity contribution in [3.05, 3.63) is 214 Å². The molecule has 13 rings (SSSR count). The zero-order valence-electron chi connectivity index (χ0n) is 32.7. The smallest absolute Gasteiger partial charge is 0.156 e. The van der Waals surface area contributed by atoms with E-state index in [1.165, 1.54) is 99.5 Å². The fourth-order valence-corrected chi connectivity index (χ4v) is 11.8. The van der Waals surface area contributed by atoms with Gasteiger partial charge >= 0.3 is 0 Å². The Hall–Kier alpha value is -6.71. The van der Waals surface area contributed by atoms with Gasteiger partial charge in [0.15, 0.2) is 6.17 Å². The summed E-state index contributed by atoms with van der Waals surface area (Å²) >= 11 is 0. The van der Waals surface area contributed by atoms with Crippen LogP contribution in [-0.2, 0) is 17.3 Å². The van der Waals surface area contributed by atoms with Gasteiger partial charge in [0.1, 0.15) is 5.84 Å². The number of hydrogen-bond donors (Lipinski definition) is 1. The lowest BCUT2D eigenvalue weighted by Gasteiger charge is -2.42. The average Bonchev–Trinajstić information content (AvgIpc) is 3.83. The molecule has 3 nitrogen and oxygen atoms in total. The third-order valence-corrected chi connectivity index (χ3v) is 14.2. The summed E-state index contributed by atoms with van der Waals surface area (Å²) in [6.45, 7) is 4.75. The third-order valence-electron chi connectivity index (χ3n) is 14.2. The molecule has 276 valence electrons. The lowest BCUT2D eigenvalue weighted by molar-refractivity contribution is 0.579. The molecular formula is C55H41N3. The molecule has 1 aromatic heterocycles. The van der Waals surface area contributed by atoms with Crippen molar-refractivity contribution in [3.63, 3.8) is 0 Å². The van der Waals surface area contributed by atoms with Gasteiger partial charge in [-0.2, -0.15) is 0 Å². The van der Waals surface area contributed by atoms with Crippen LogP contribution in [0.1, 0.15) is 71.8 Å². The summed E-state index contributed by atoms with van der Waals surface area (Å²) < 4.78 is 2.53. The average molecular weight is 744 g/mol. The maximum atomic E-state index is 5.95. The largest absolute Gasteiger partial charge is 0.342 e. The number of benzene rings is 7. The summed E-state index contributed by atoms with van der Waals surface area (Å²) in [4.78, 5) is 5.95. The molecule has 3 heteroatoms. The highest BCUT2D eigenvalue weighted by Crippen LogP contribution is 2.60. The van der Waals surface area contributed by atoms with Gasteiger partial charge in [-0.25, -0.2) is 4.99 Å². The molecule has 1 N–H and O–H groups in total. The fourth-order valence-electron chi connectivity index (χ4n) is 11.8. The lowest BCUT2D eigenvalue weighted by atomic mass is 9.61. The van der Waals surface area contributed by atoms with Crippen LogP contribution in [0.5, 0.6) is 0 Å². The fraction of sp³-hybridized carbons (Fsp3) is 0.145. The summed E-state index contributed by atoms with van der Waals surface area (Å²) in [5.74, 6) is 0.936. The Kier molecular flexibility index (Phi) is 6.39. The molecule has 0 saturated heterocycles. The Morgan fingerprint density at radius 2 is 1.29 bits per heavy atom. The zero-order chi connectivity index (χ0) is 38.3. The van der Waals surface area contributed by atoms with E-state index in [1.54, 1.807) is 5.57 Å². The quantitative estimate of drug-likeness (QED) is 0.188. The second kappa shape index (κ2) is 11.5. The van der Waals surface area contributed by atoms with Crippen LogP contribution >= 0.6 is 0 Å². The van der Waals surface area contributed by atoms with Crippen LogP contribution in [0.15, 0.2) is 180 Å². The molecule has 2 heterocycles. The summed E-state index contributed by atoms with van der Waals surface area (Å²) in [5.41, 5.74) is 19.5. The summed E-state index contributed by atoms with van der Waals surface area (Å²) in [6, 6.07) is 56.8. The SMILES string of the molecule is CC1(C)C2=C(c3ccccc31)C(n1c3ccccc3c3cc4ccccc4cc31)N=C(c1cccc3c1-c1ccccc1C1(C3)C3=C(C=CCC3)c3ccccc31)N2. The van der Waals surface area contributed by atoms with Gasteiger partial charge in [-0.1, -0.05) is 159 Å². The van der Waals surface area contributed by atoms with Gasteiger partial charge in [0, 0.05) is 38.4 Å². The first-order chi connectivity index (χ1) is 28.5. The van der Waals surface area contributed by atoms with E-state index in [0.717, 1.165) is 25.1 Å². The Morgan fingerprint density at radius 1 is 0.621 bits per heavy atom. The standard InChI is InChI=1S/C55H41N3/c1-54(2)43-25-10-7-22-39(43)50-51(54)56-52(57-53(50)58-47-29-14-9-21-38(47)42-30-33-16-3-4-17-34(33)31-48(42)58)41-24-15-18-35-32-55(46-28-13-8-23-40(46)49(35)41)44-26-11-5-19-36(44)37-20-6-12-27-45(37)55/h3-11,13-26,28-31,53H,12,27,32H2,1-2H3,(H,56,57). The molecule has 8 aromatic rings. The number of nitrogens with one attached hydrogen (secondary N) is 1. The van der Waals surface area contributed by atoms with Crippen LogP contribution in [0.2, 0.25) is 0 Å². The van der Waals surface area contributed by atoms with E-state index in [1.807, 2.05) is 0 Å². The van der Waals surface area contributed by atoms with Crippen molar-refractivity contribution in [1.82, 2.24) is 9.88 Å². The van der Waals surface area contributed by atoms with Crippen molar-refractivity contribution in [1.29, 1.82) is 0 Å². The summed E-state index contributed by atoms with van der Waals surface area (Å²) in [7, 11) is 0. The summed E-state index contributed by atoms with van der Waals surface area (Å²) in [6.07, 6.45) is 7.57. The number of aliphatic imine (C=N–C) groups is 1. The van der Waals surface area contributed by atoms with Gasteiger partial charge in [0.25, 0.3) is 0 Å². The van der Waals surface area contributed by atoms with E-state index in [4.69, 9.17) is 4.99 Å². The van der Waals surface area contributed by atoms with Gasteiger partial charge < -0.3 is 9.88 Å². The molecule has 5 aliphatic rings. The topological polar surface area (TPSA) is 29.3 Å². The van der Waals surface area contributed by atoms with Crippen molar-refractivity contribution >= 4 is 49.6 Å². The molecule has 2 atom stereocenters. The number of fused-ring (bicyclic) bond motifs is 14. The molecular weight excluding hydrogens is 703 g/mol. The number of rotatable bonds is 2. The van der Waals surface area contributed by atoms with E-state index >= 15 is 0 Å². The van der Waals surface area contributed by atoms with Crippen molar-refractivity contribution in [2.75, 3.05) is 0 Å². The molecule has 0 bridgehead atoms. The minimum absolute atomic E-state index is 0.195. The van der Waals surface area contributed by atoms with Crippen molar-refractivity contribution in [2.45, 2.75) is 50.1 Å². The van der Waals surface area contributed by atoms with Gasteiger partial charge in [-0.3, -0.25) is 0 Å². The number of amidine groups is 1. The van der Waals surface area contributed by atoms with Gasteiger partial charge in [0.2, 0.25) is 0 Å². The monoisotopic (exact) mass is 743 g/mol. The highest BCUT2D eigenvalue weighted by atomic mass is 15.2. The normalized spacial score (nSPS) is 20.8. The van der Waals surface area contributed by atoms with Crippen LogP contribution in [0, 0.1) is 0 Å². The van der Waals surface area contributed by atoms with E-state index in [9.17, 15) is 0 Å². The Labute approximate surface area is 338 Å².